The summed E-state index contributed by atoms with van der Waals surface area (Å²) in [7, 11) is 0. The molecule has 1 saturated heterocycles. The van der Waals surface area contributed by atoms with Crippen LogP contribution >= 0.6 is 0 Å². The third-order valence-electron chi connectivity index (χ3n) is 5.37. The zero-order valence-electron chi connectivity index (χ0n) is 12.8. The van der Waals surface area contributed by atoms with E-state index in [0.717, 1.165) is 24.8 Å². The van der Waals surface area contributed by atoms with Gasteiger partial charge in [-0.3, -0.25) is 5.32 Å². The number of likely N-dealkylation sites (tertiary alicyclic amines) is 1. The summed E-state index contributed by atoms with van der Waals surface area (Å²) in [6.45, 7) is 11.4. The Morgan fingerprint density at radius 1 is 1.32 bits per heavy atom. The predicted octanol–water partition coefficient (Wildman–Crippen LogP) is 2.64. The van der Waals surface area contributed by atoms with Gasteiger partial charge < -0.3 is 4.90 Å². The van der Waals surface area contributed by atoms with Gasteiger partial charge in [-0.05, 0) is 50.1 Å². The number of hydrogen-bond donors (Lipinski definition) is 1. The fourth-order valence-electron chi connectivity index (χ4n) is 3.97. The van der Waals surface area contributed by atoms with Crippen LogP contribution in [0, 0.1) is 29.1 Å². The van der Waals surface area contributed by atoms with E-state index in [9.17, 15) is 5.26 Å². The van der Waals surface area contributed by atoms with Crippen LogP contribution < -0.4 is 5.32 Å². The van der Waals surface area contributed by atoms with Gasteiger partial charge in [-0.25, -0.2) is 0 Å². The summed E-state index contributed by atoms with van der Waals surface area (Å²) in [5, 5.41) is 13.0. The molecular formula is C16H29N3. The molecule has 0 spiro atoms. The average molecular weight is 263 g/mol. The molecular weight excluding hydrogens is 234 g/mol. The first-order chi connectivity index (χ1) is 9.11. The van der Waals surface area contributed by atoms with Gasteiger partial charge >= 0.3 is 0 Å². The van der Waals surface area contributed by atoms with E-state index in [1.807, 2.05) is 0 Å². The van der Waals surface area contributed by atoms with Gasteiger partial charge in [0.05, 0.1) is 6.07 Å². The number of rotatable bonds is 5. The normalized spacial score (nSPS) is 39.6. The lowest BCUT2D eigenvalue weighted by atomic mass is 9.85. The fraction of sp³-hybridized carbons (Fsp3) is 0.938. The lowest BCUT2D eigenvalue weighted by Gasteiger charge is -2.30. The summed E-state index contributed by atoms with van der Waals surface area (Å²) in [6, 6.07) is 2.59. The van der Waals surface area contributed by atoms with Crippen LogP contribution in [0.15, 0.2) is 0 Å². The molecule has 1 aliphatic carbocycles. The maximum Gasteiger partial charge on any atom is 0.109 e. The molecule has 19 heavy (non-hydrogen) atoms. The Balaban J connectivity index is 1.87. The van der Waals surface area contributed by atoms with E-state index in [-0.39, 0.29) is 5.54 Å². The molecule has 0 bridgehead atoms. The first kappa shape index (κ1) is 14.8. The van der Waals surface area contributed by atoms with Crippen molar-refractivity contribution in [2.45, 2.75) is 52.0 Å². The lowest BCUT2D eigenvalue weighted by Crippen LogP contribution is -2.47. The van der Waals surface area contributed by atoms with Gasteiger partial charge in [-0.1, -0.05) is 27.2 Å². The van der Waals surface area contributed by atoms with Crippen molar-refractivity contribution in [3.05, 3.63) is 0 Å². The van der Waals surface area contributed by atoms with Gasteiger partial charge in [0, 0.05) is 13.1 Å². The Morgan fingerprint density at radius 2 is 2.00 bits per heavy atom. The van der Waals surface area contributed by atoms with E-state index in [2.05, 4.69) is 37.1 Å². The second kappa shape index (κ2) is 6.24. The highest BCUT2D eigenvalue weighted by molar-refractivity contribution is 5.14. The monoisotopic (exact) mass is 263 g/mol. The third kappa shape index (κ3) is 3.12. The molecule has 0 radical (unpaired) electrons. The highest BCUT2D eigenvalue weighted by atomic mass is 15.1. The number of nitriles is 1. The van der Waals surface area contributed by atoms with Crippen molar-refractivity contribution in [3.63, 3.8) is 0 Å². The van der Waals surface area contributed by atoms with E-state index in [0.29, 0.717) is 5.92 Å². The zero-order valence-corrected chi connectivity index (χ0v) is 12.8. The standard InChI is InChI=1S/C16H29N3/c1-4-18-16(12-17)8-5-6-15(16)7-9-19-10-13(2)14(3)11-19/h13-15,18H,4-11H2,1-3H3. The summed E-state index contributed by atoms with van der Waals surface area (Å²) in [5.74, 6) is 2.21. The molecule has 3 heteroatoms. The van der Waals surface area contributed by atoms with Crippen LogP contribution in [0.5, 0.6) is 0 Å². The van der Waals surface area contributed by atoms with Crippen molar-refractivity contribution >= 4 is 0 Å². The quantitative estimate of drug-likeness (QED) is 0.829. The van der Waals surface area contributed by atoms with Gasteiger partial charge in [0.1, 0.15) is 5.54 Å². The Bertz CT molecular complexity index is 325. The molecule has 3 nitrogen and oxygen atoms in total. The van der Waals surface area contributed by atoms with Crippen molar-refractivity contribution in [2.75, 3.05) is 26.2 Å². The number of hydrogen-bond acceptors (Lipinski definition) is 3. The molecule has 1 heterocycles. The Hall–Kier alpha value is -0.590. The second-order valence-corrected chi connectivity index (χ2v) is 6.71. The molecule has 2 rings (SSSR count). The third-order valence-corrected chi connectivity index (χ3v) is 5.37. The van der Waals surface area contributed by atoms with Crippen molar-refractivity contribution in [1.29, 1.82) is 5.26 Å². The minimum Gasteiger partial charge on any atom is -0.303 e. The number of nitrogens with zero attached hydrogens (tertiary/aromatic N) is 2. The van der Waals surface area contributed by atoms with Crippen LogP contribution in [0.4, 0.5) is 0 Å². The van der Waals surface area contributed by atoms with E-state index >= 15 is 0 Å². The molecule has 2 aliphatic rings. The van der Waals surface area contributed by atoms with E-state index < -0.39 is 0 Å². The van der Waals surface area contributed by atoms with Gasteiger partial charge in [-0.15, -0.1) is 0 Å². The minimum absolute atomic E-state index is 0.230. The van der Waals surface area contributed by atoms with Crippen LogP contribution in [0.1, 0.15) is 46.5 Å². The highest BCUT2D eigenvalue weighted by Crippen LogP contribution is 2.38. The van der Waals surface area contributed by atoms with Gasteiger partial charge in [-0.2, -0.15) is 5.26 Å². The van der Waals surface area contributed by atoms with Crippen molar-refractivity contribution in [2.24, 2.45) is 17.8 Å². The molecule has 0 aromatic carbocycles. The second-order valence-electron chi connectivity index (χ2n) is 6.71. The smallest absolute Gasteiger partial charge is 0.109 e. The maximum absolute atomic E-state index is 9.57. The predicted molar refractivity (Wildman–Crippen MR) is 78.7 cm³/mol. The van der Waals surface area contributed by atoms with Gasteiger partial charge in [0.2, 0.25) is 0 Å². The van der Waals surface area contributed by atoms with Crippen LogP contribution in [0.25, 0.3) is 0 Å². The lowest BCUT2D eigenvalue weighted by molar-refractivity contribution is 0.246. The summed E-state index contributed by atoms with van der Waals surface area (Å²) in [6.07, 6.45) is 4.65. The molecule has 1 saturated carbocycles. The molecule has 108 valence electrons. The largest absolute Gasteiger partial charge is 0.303 e. The molecule has 2 fully saturated rings. The van der Waals surface area contributed by atoms with Gasteiger partial charge in [0.15, 0.2) is 0 Å². The molecule has 1 N–H and O–H groups in total. The Labute approximate surface area is 118 Å². The number of nitrogens with one attached hydrogen (secondary N) is 1. The van der Waals surface area contributed by atoms with Crippen LogP contribution in [0.3, 0.4) is 0 Å². The van der Waals surface area contributed by atoms with Crippen molar-refractivity contribution in [3.8, 4) is 6.07 Å². The molecule has 4 atom stereocenters. The highest BCUT2D eigenvalue weighted by Gasteiger charge is 2.42. The van der Waals surface area contributed by atoms with E-state index in [1.54, 1.807) is 0 Å². The summed E-state index contributed by atoms with van der Waals surface area (Å²) >= 11 is 0. The van der Waals surface area contributed by atoms with E-state index in [1.165, 1.54) is 38.9 Å². The summed E-state index contributed by atoms with van der Waals surface area (Å²) in [5.41, 5.74) is -0.230. The SMILES string of the molecule is CCNC1(C#N)CCCC1CCN1CC(C)C(C)C1. The first-order valence-electron chi connectivity index (χ1n) is 8.00. The van der Waals surface area contributed by atoms with Crippen LogP contribution in [-0.2, 0) is 0 Å². The molecule has 4 unspecified atom stereocenters. The average Bonchev–Trinajstić information content (AvgIpc) is 2.93. The van der Waals surface area contributed by atoms with Crippen molar-refractivity contribution in [1.82, 2.24) is 10.2 Å². The maximum atomic E-state index is 9.57. The van der Waals surface area contributed by atoms with Crippen LogP contribution in [0.2, 0.25) is 0 Å². The van der Waals surface area contributed by atoms with Crippen LogP contribution in [-0.4, -0.2) is 36.6 Å². The molecule has 0 aromatic heterocycles. The zero-order chi connectivity index (χ0) is 13.9. The summed E-state index contributed by atoms with van der Waals surface area (Å²) in [4.78, 5) is 2.60. The summed E-state index contributed by atoms with van der Waals surface area (Å²) < 4.78 is 0. The van der Waals surface area contributed by atoms with E-state index in [4.69, 9.17) is 0 Å². The van der Waals surface area contributed by atoms with Crippen molar-refractivity contribution < 1.29 is 0 Å². The molecule has 0 aromatic rings. The Kier molecular flexibility index (Phi) is 4.86. The minimum atomic E-state index is -0.230. The Morgan fingerprint density at radius 3 is 2.58 bits per heavy atom. The molecule has 1 aliphatic heterocycles. The topological polar surface area (TPSA) is 39.1 Å². The molecule has 0 amide bonds. The fourth-order valence-corrected chi connectivity index (χ4v) is 3.97. The first-order valence-corrected chi connectivity index (χ1v) is 8.00. The van der Waals surface area contributed by atoms with Gasteiger partial charge in [0.25, 0.3) is 0 Å².